The fraction of sp³-hybridized carbons (Fsp3) is 0.200. The molecule has 12 heavy (non-hydrogen) atoms. The standard InChI is InChI=1S/C10H10BrN/c1-3-10(12)9-6-8(11)5-4-7(9)2/h1,4-6,10H,12H2,2H3. The van der Waals surface area contributed by atoms with Crippen molar-refractivity contribution in [2.45, 2.75) is 13.0 Å². The van der Waals surface area contributed by atoms with E-state index in [-0.39, 0.29) is 6.04 Å². The molecule has 0 aliphatic rings. The van der Waals surface area contributed by atoms with Crippen LogP contribution in [-0.4, -0.2) is 0 Å². The predicted octanol–water partition coefficient (Wildman–Crippen LogP) is 2.39. The highest BCUT2D eigenvalue weighted by Crippen LogP contribution is 2.20. The fourth-order valence-electron chi connectivity index (χ4n) is 1.04. The van der Waals surface area contributed by atoms with Gasteiger partial charge < -0.3 is 5.73 Å². The molecule has 2 heteroatoms. The van der Waals surface area contributed by atoms with Gasteiger partial charge in [0.2, 0.25) is 0 Å². The van der Waals surface area contributed by atoms with Crippen LogP contribution >= 0.6 is 15.9 Å². The van der Waals surface area contributed by atoms with Crippen LogP contribution in [0.2, 0.25) is 0 Å². The summed E-state index contributed by atoms with van der Waals surface area (Å²) in [6.45, 7) is 2.00. The van der Waals surface area contributed by atoms with Crippen molar-refractivity contribution in [2.24, 2.45) is 5.73 Å². The van der Waals surface area contributed by atoms with Gasteiger partial charge in [-0.1, -0.05) is 27.9 Å². The lowest BCUT2D eigenvalue weighted by atomic mass is 10.0. The lowest BCUT2D eigenvalue weighted by Crippen LogP contribution is -2.08. The third-order valence-electron chi connectivity index (χ3n) is 1.76. The van der Waals surface area contributed by atoms with Crippen molar-refractivity contribution in [2.75, 3.05) is 0 Å². The van der Waals surface area contributed by atoms with Gasteiger partial charge in [0.05, 0.1) is 6.04 Å². The van der Waals surface area contributed by atoms with E-state index in [4.69, 9.17) is 12.2 Å². The zero-order chi connectivity index (χ0) is 9.14. The smallest absolute Gasteiger partial charge is 0.0921 e. The van der Waals surface area contributed by atoms with Gasteiger partial charge in [-0.3, -0.25) is 0 Å². The van der Waals surface area contributed by atoms with Crippen molar-refractivity contribution in [3.8, 4) is 12.3 Å². The normalized spacial score (nSPS) is 12.2. The van der Waals surface area contributed by atoms with Gasteiger partial charge in [-0.2, -0.15) is 0 Å². The number of hydrogen-bond acceptors (Lipinski definition) is 1. The summed E-state index contributed by atoms with van der Waals surface area (Å²) in [6.07, 6.45) is 5.23. The molecule has 0 amide bonds. The van der Waals surface area contributed by atoms with E-state index in [0.29, 0.717) is 0 Å². The molecule has 62 valence electrons. The van der Waals surface area contributed by atoms with E-state index in [9.17, 15) is 0 Å². The molecule has 0 aliphatic heterocycles. The molecule has 2 N–H and O–H groups in total. The lowest BCUT2D eigenvalue weighted by Gasteiger charge is -2.08. The first kappa shape index (κ1) is 9.31. The highest BCUT2D eigenvalue weighted by atomic mass is 79.9. The molecule has 0 radical (unpaired) electrons. The van der Waals surface area contributed by atoms with Crippen molar-refractivity contribution in [3.05, 3.63) is 33.8 Å². The molecule has 1 atom stereocenters. The zero-order valence-corrected chi connectivity index (χ0v) is 8.43. The maximum atomic E-state index is 5.71. The van der Waals surface area contributed by atoms with Crippen molar-refractivity contribution in [3.63, 3.8) is 0 Å². The largest absolute Gasteiger partial charge is 0.314 e. The van der Waals surface area contributed by atoms with Crippen LogP contribution in [0.25, 0.3) is 0 Å². The van der Waals surface area contributed by atoms with Crippen molar-refractivity contribution in [1.82, 2.24) is 0 Å². The highest BCUT2D eigenvalue weighted by Gasteiger charge is 2.05. The van der Waals surface area contributed by atoms with E-state index < -0.39 is 0 Å². The molecule has 1 aromatic rings. The number of rotatable bonds is 1. The van der Waals surface area contributed by atoms with Gasteiger partial charge in [0, 0.05) is 4.47 Å². The number of terminal acetylenes is 1. The van der Waals surface area contributed by atoms with Crippen LogP contribution in [-0.2, 0) is 0 Å². The van der Waals surface area contributed by atoms with Gasteiger partial charge in [-0.25, -0.2) is 0 Å². The second-order valence-corrected chi connectivity index (χ2v) is 3.56. The van der Waals surface area contributed by atoms with Crippen LogP contribution in [0.4, 0.5) is 0 Å². The Morgan fingerprint density at radius 3 is 2.83 bits per heavy atom. The van der Waals surface area contributed by atoms with Crippen LogP contribution in [0.1, 0.15) is 17.2 Å². The molecule has 0 saturated heterocycles. The summed E-state index contributed by atoms with van der Waals surface area (Å²) in [4.78, 5) is 0. The van der Waals surface area contributed by atoms with Gasteiger partial charge in [-0.05, 0) is 30.2 Å². The third kappa shape index (κ3) is 1.88. The average Bonchev–Trinajstić information content (AvgIpc) is 2.08. The first-order valence-corrected chi connectivity index (χ1v) is 4.42. The molecular formula is C10H10BrN. The second kappa shape index (κ2) is 3.75. The van der Waals surface area contributed by atoms with Gasteiger partial charge in [0.15, 0.2) is 0 Å². The van der Waals surface area contributed by atoms with Crippen molar-refractivity contribution >= 4 is 15.9 Å². The van der Waals surface area contributed by atoms with Gasteiger partial charge >= 0.3 is 0 Å². The summed E-state index contributed by atoms with van der Waals surface area (Å²) in [6, 6.07) is 5.63. The molecule has 1 unspecified atom stereocenters. The number of aryl methyl sites for hydroxylation is 1. The minimum atomic E-state index is -0.303. The molecule has 1 aromatic carbocycles. The van der Waals surface area contributed by atoms with Crippen LogP contribution < -0.4 is 5.73 Å². The van der Waals surface area contributed by atoms with Crippen LogP contribution in [0.15, 0.2) is 22.7 Å². The summed E-state index contributed by atoms with van der Waals surface area (Å²) < 4.78 is 1.01. The number of nitrogens with two attached hydrogens (primary N) is 1. The maximum Gasteiger partial charge on any atom is 0.0921 e. The number of benzene rings is 1. The monoisotopic (exact) mass is 223 g/mol. The van der Waals surface area contributed by atoms with E-state index in [2.05, 4.69) is 21.9 Å². The van der Waals surface area contributed by atoms with E-state index >= 15 is 0 Å². The topological polar surface area (TPSA) is 26.0 Å². The molecule has 0 fully saturated rings. The molecule has 0 saturated carbocycles. The van der Waals surface area contributed by atoms with E-state index in [1.807, 2.05) is 25.1 Å². The Labute approximate surface area is 81.1 Å². The van der Waals surface area contributed by atoms with Crippen LogP contribution in [0.3, 0.4) is 0 Å². The lowest BCUT2D eigenvalue weighted by molar-refractivity contribution is 0.931. The quantitative estimate of drug-likeness (QED) is 0.728. The van der Waals surface area contributed by atoms with E-state index in [0.717, 1.165) is 15.6 Å². The maximum absolute atomic E-state index is 5.71. The zero-order valence-electron chi connectivity index (χ0n) is 6.84. The first-order valence-electron chi connectivity index (χ1n) is 3.63. The van der Waals surface area contributed by atoms with Gasteiger partial charge in [-0.15, -0.1) is 6.42 Å². The summed E-state index contributed by atoms with van der Waals surface area (Å²) in [7, 11) is 0. The minimum Gasteiger partial charge on any atom is -0.314 e. The Morgan fingerprint density at radius 1 is 1.58 bits per heavy atom. The SMILES string of the molecule is C#CC(N)c1cc(Br)ccc1C. The summed E-state index contributed by atoms with van der Waals surface area (Å²) in [5.41, 5.74) is 7.84. The molecular weight excluding hydrogens is 214 g/mol. The molecule has 0 aromatic heterocycles. The van der Waals surface area contributed by atoms with Gasteiger partial charge in [0.1, 0.15) is 0 Å². The predicted molar refractivity (Wildman–Crippen MR) is 54.6 cm³/mol. The Bertz CT molecular complexity index is 325. The van der Waals surface area contributed by atoms with Crippen molar-refractivity contribution < 1.29 is 0 Å². The summed E-state index contributed by atoms with van der Waals surface area (Å²) in [5.74, 6) is 2.51. The van der Waals surface area contributed by atoms with E-state index in [1.165, 1.54) is 0 Å². The third-order valence-corrected chi connectivity index (χ3v) is 2.25. The molecule has 0 bridgehead atoms. The average molecular weight is 224 g/mol. The minimum absolute atomic E-state index is 0.303. The van der Waals surface area contributed by atoms with Crippen LogP contribution in [0.5, 0.6) is 0 Å². The van der Waals surface area contributed by atoms with Crippen molar-refractivity contribution in [1.29, 1.82) is 0 Å². The summed E-state index contributed by atoms with van der Waals surface area (Å²) in [5, 5.41) is 0. The Morgan fingerprint density at radius 2 is 2.25 bits per heavy atom. The second-order valence-electron chi connectivity index (χ2n) is 2.65. The molecule has 1 nitrogen and oxygen atoms in total. The summed E-state index contributed by atoms with van der Waals surface area (Å²) >= 11 is 3.37. The molecule has 0 spiro atoms. The Hall–Kier alpha value is -0.780. The molecule has 0 aliphatic carbocycles. The first-order chi connectivity index (χ1) is 5.65. The molecule has 1 rings (SSSR count). The number of hydrogen-bond donors (Lipinski definition) is 1. The van der Waals surface area contributed by atoms with E-state index in [1.54, 1.807) is 0 Å². The highest BCUT2D eigenvalue weighted by molar-refractivity contribution is 9.10. The Kier molecular flexibility index (Phi) is 2.91. The van der Waals surface area contributed by atoms with Crippen LogP contribution in [0, 0.1) is 19.3 Å². The fourth-order valence-corrected chi connectivity index (χ4v) is 1.41. The number of halogens is 1. The Balaban J connectivity index is 3.15. The van der Waals surface area contributed by atoms with Gasteiger partial charge in [0.25, 0.3) is 0 Å². The molecule has 0 heterocycles.